The first kappa shape index (κ1) is 14.9. The molecule has 0 radical (unpaired) electrons. The number of carbonyl (C=O) groups is 1. The van der Waals surface area contributed by atoms with Crippen LogP contribution in [-0.2, 0) is 6.54 Å². The third-order valence-corrected chi connectivity index (χ3v) is 3.07. The smallest absolute Gasteiger partial charge is 0.338 e. The normalized spacial score (nSPS) is 10.5. The predicted molar refractivity (Wildman–Crippen MR) is 71.8 cm³/mol. The Kier molecular flexibility index (Phi) is 4.16. The second-order valence-electron chi connectivity index (χ2n) is 4.54. The standard InChI is InChI=1S/C15H12F3NO2/c1-8-2-3-10(16)4-9(8)7-19-14-5-11(15(20)21)12(17)6-13(14)18/h2-6,19H,7H2,1H3,(H,20,21). The molecular formula is C15H12F3NO2. The van der Waals surface area contributed by atoms with E-state index in [1.54, 1.807) is 13.0 Å². The number of rotatable bonds is 4. The molecule has 0 saturated carbocycles. The molecule has 0 aliphatic rings. The van der Waals surface area contributed by atoms with Gasteiger partial charge in [-0.15, -0.1) is 0 Å². The Bertz CT molecular complexity index is 702. The van der Waals surface area contributed by atoms with Crippen LogP contribution in [0, 0.1) is 24.4 Å². The van der Waals surface area contributed by atoms with Crippen LogP contribution in [0.5, 0.6) is 0 Å². The minimum atomic E-state index is -1.49. The van der Waals surface area contributed by atoms with Gasteiger partial charge in [0.2, 0.25) is 0 Å². The Balaban J connectivity index is 2.25. The Hall–Kier alpha value is -2.50. The van der Waals surface area contributed by atoms with E-state index in [0.29, 0.717) is 11.6 Å². The maximum atomic E-state index is 13.6. The van der Waals surface area contributed by atoms with E-state index in [1.807, 2.05) is 0 Å². The fourth-order valence-corrected chi connectivity index (χ4v) is 1.87. The largest absolute Gasteiger partial charge is 0.478 e. The molecule has 0 aromatic heterocycles. The van der Waals surface area contributed by atoms with Crippen molar-refractivity contribution >= 4 is 11.7 Å². The number of aryl methyl sites for hydroxylation is 1. The fraction of sp³-hybridized carbons (Fsp3) is 0.133. The minimum Gasteiger partial charge on any atom is -0.478 e. The molecule has 0 bridgehead atoms. The van der Waals surface area contributed by atoms with Gasteiger partial charge in [0.25, 0.3) is 0 Å². The lowest BCUT2D eigenvalue weighted by Crippen LogP contribution is -2.07. The van der Waals surface area contributed by atoms with Crippen LogP contribution in [0.1, 0.15) is 21.5 Å². The summed E-state index contributed by atoms with van der Waals surface area (Å²) in [6, 6.07) is 5.56. The summed E-state index contributed by atoms with van der Waals surface area (Å²) in [7, 11) is 0. The van der Waals surface area contributed by atoms with Gasteiger partial charge in [-0.3, -0.25) is 0 Å². The Labute approximate surface area is 119 Å². The Morgan fingerprint density at radius 1 is 1.14 bits per heavy atom. The van der Waals surface area contributed by atoms with Gasteiger partial charge in [-0.05, 0) is 36.2 Å². The van der Waals surface area contributed by atoms with Crippen LogP contribution in [0.15, 0.2) is 30.3 Å². The molecule has 0 unspecified atom stereocenters. The van der Waals surface area contributed by atoms with Crippen LogP contribution in [0.25, 0.3) is 0 Å². The summed E-state index contributed by atoms with van der Waals surface area (Å²) in [5, 5.41) is 11.5. The average molecular weight is 295 g/mol. The summed E-state index contributed by atoms with van der Waals surface area (Å²) >= 11 is 0. The third-order valence-electron chi connectivity index (χ3n) is 3.07. The van der Waals surface area contributed by atoms with Gasteiger partial charge in [0.1, 0.15) is 17.5 Å². The van der Waals surface area contributed by atoms with Crippen LogP contribution in [0.3, 0.4) is 0 Å². The van der Waals surface area contributed by atoms with E-state index in [-0.39, 0.29) is 12.2 Å². The first-order valence-electron chi connectivity index (χ1n) is 6.09. The van der Waals surface area contributed by atoms with Crippen LogP contribution in [0.2, 0.25) is 0 Å². The van der Waals surface area contributed by atoms with Crippen molar-refractivity contribution in [1.82, 2.24) is 0 Å². The molecule has 2 N–H and O–H groups in total. The van der Waals surface area contributed by atoms with Crippen LogP contribution < -0.4 is 5.32 Å². The van der Waals surface area contributed by atoms with Gasteiger partial charge in [0, 0.05) is 12.6 Å². The van der Waals surface area contributed by atoms with Gasteiger partial charge >= 0.3 is 5.97 Å². The summed E-state index contributed by atoms with van der Waals surface area (Å²) in [6.07, 6.45) is 0. The highest BCUT2D eigenvalue weighted by atomic mass is 19.1. The molecule has 0 aliphatic heterocycles. The molecule has 0 amide bonds. The lowest BCUT2D eigenvalue weighted by atomic mass is 10.1. The highest BCUT2D eigenvalue weighted by molar-refractivity contribution is 5.89. The van der Waals surface area contributed by atoms with Crippen molar-refractivity contribution in [2.45, 2.75) is 13.5 Å². The lowest BCUT2D eigenvalue weighted by Gasteiger charge is -2.11. The summed E-state index contributed by atoms with van der Waals surface area (Å²) in [5.41, 5.74) is 0.604. The maximum absolute atomic E-state index is 13.6. The van der Waals surface area contributed by atoms with Gasteiger partial charge in [0.15, 0.2) is 0 Å². The number of carboxylic acid groups (broad SMARTS) is 1. The van der Waals surface area contributed by atoms with Crippen molar-refractivity contribution in [3.05, 3.63) is 64.5 Å². The number of hydrogen-bond acceptors (Lipinski definition) is 2. The molecule has 0 spiro atoms. The van der Waals surface area contributed by atoms with Gasteiger partial charge in [-0.2, -0.15) is 0 Å². The third kappa shape index (κ3) is 3.34. The zero-order valence-corrected chi connectivity index (χ0v) is 11.1. The highest BCUT2D eigenvalue weighted by Crippen LogP contribution is 2.21. The van der Waals surface area contributed by atoms with Gasteiger partial charge in [-0.25, -0.2) is 18.0 Å². The number of carboxylic acids is 1. The molecule has 110 valence electrons. The summed E-state index contributed by atoms with van der Waals surface area (Å²) in [5.74, 6) is -3.97. The molecular weight excluding hydrogens is 283 g/mol. The molecule has 6 heteroatoms. The SMILES string of the molecule is Cc1ccc(F)cc1CNc1cc(C(=O)O)c(F)cc1F. The van der Waals surface area contributed by atoms with E-state index in [2.05, 4.69) is 5.32 Å². The molecule has 2 rings (SSSR count). The average Bonchev–Trinajstić information content (AvgIpc) is 2.41. The van der Waals surface area contributed by atoms with E-state index in [1.165, 1.54) is 12.1 Å². The molecule has 3 nitrogen and oxygen atoms in total. The van der Waals surface area contributed by atoms with E-state index in [4.69, 9.17) is 5.11 Å². The van der Waals surface area contributed by atoms with Gasteiger partial charge in [-0.1, -0.05) is 6.07 Å². The second-order valence-corrected chi connectivity index (χ2v) is 4.54. The van der Waals surface area contributed by atoms with Gasteiger partial charge in [0.05, 0.1) is 11.3 Å². The van der Waals surface area contributed by atoms with Crippen LogP contribution in [0.4, 0.5) is 18.9 Å². The minimum absolute atomic E-state index is 0.0885. The van der Waals surface area contributed by atoms with Crippen molar-refractivity contribution < 1.29 is 23.1 Å². The maximum Gasteiger partial charge on any atom is 0.338 e. The van der Waals surface area contributed by atoms with E-state index in [9.17, 15) is 18.0 Å². The van der Waals surface area contributed by atoms with Crippen molar-refractivity contribution in [1.29, 1.82) is 0 Å². The monoisotopic (exact) mass is 295 g/mol. The molecule has 0 saturated heterocycles. The predicted octanol–water partition coefficient (Wildman–Crippen LogP) is 3.72. The quantitative estimate of drug-likeness (QED) is 0.903. The van der Waals surface area contributed by atoms with E-state index in [0.717, 1.165) is 11.6 Å². The van der Waals surface area contributed by atoms with Crippen molar-refractivity contribution in [2.24, 2.45) is 0 Å². The van der Waals surface area contributed by atoms with Crippen molar-refractivity contribution in [3.8, 4) is 0 Å². The number of halogens is 3. The topological polar surface area (TPSA) is 49.3 Å². The van der Waals surface area contributed by atoms with Crippen molar-refractivity contribution in [3.63, 3.8) is 0 Å². The summed E-state index contributed by atoms with van der Waals surface area (Å²) in [4.78, 5) is 10.8. The highest BCUT2D eigenvalue weighted by Gasteiger charge is 2.15. The Morgan fingerprint density at radius 3 is 2.52 bits per heavy atom. The zero-order chi connectivity index (χ0) is 15.6. The number of benzene rings is 2. The lowest BCUT2D eigenvalue weighted by molar-refractivity contribution is 0.0692. The van der Waals surface area contributed by atoms with Crippen molar-refractivity contribution in [2.75, 3.05) is 5.32 Å². The van der Waals surface area contributed by atoms with E-state index >= 15 is 0 Å². The number of hydrogen-bond donors (Lipinski definition) is 2. The first-order valence-corrected chi connectivity index (χ1v) is 6.09. The number of nitrogens with one attached hydrogen (secondary N) is 1. The molecule has 2 aromatic carbocycles. The number of aromatic carboxylic acids is 1. The number of anilines is 1. The molecule has 0 atom stereocenters. The molecule has 21 heavy (non-hydrogen) atoms. The van der Waals surface area contributed by atoms with Crippen LogP contribution >= 0.6 is 0 Å². The first-order chi connectivity index (χ1) is 9.88. The summed E-state index contributed by atoms with van der Waals surface area (Å²) < 4.78 is 40.0. The van der Waals surface area contributed by atoms with Gasteiger partial charge < -0.3 is 10.4 Å². The van der Waals surface area contributed by atoms with E-state index < -0.39 is 29.0 Å². The molecule has 0 fully saturated rings. The fourth-order valence-electron chi connectivity index (χ4n) is 1.87. The molecule has 0 heterocycles. The molecule has 0 aliphatic carbocycles. The Morgan fingerprint density at radius 2 is 1.86 bits per heavy atom. The molecule has 2 aromatic rings. The summed E-state index contributed by atoms with van der Waals surface area (Å²) in [6.45, 7) is 1.85. The zero-order valence-electron chi connectivity index (χ0n) is 11.1. The second kappa shape index (κ2) is 5.87. The van der Waals surface area contributed by atoms with Crippen LogP contribution in [-0.4, -0.2) is 11.1 Å².